The predicted octanol–water partition coefficient (Wildman–Crippen LogP) is 2.78. The SMILES string of the molecule is C=C(Cc1nc(Cc2cc(F)c(Cl)c(F)c2)no1)C(=O)O. The Balaban J connectivity index is 2.13. The molecule has 0 amide bonds. The first kappa shape index (κ1) is 15.1. The Hall–Kier alpha value is -2.28. The molecule has 0 saturated carbocycles. The number of hydrogen-bond acceptors (Lipinski definition) is 4. The van der Waals surface area contributed by atoms with Crippen LogP contribution in [0.3, 0.4) is 0 Å². The van der Waals surface area contributed by atoms with Crippen molar-refractivity contribution in [1.82, 2.24) is 10.1 Å². The Morgan fingerprint density at radius 1 is 1.38 bits per heavy atom. The molecule has 2 rings (SSSR count). The summed E-state index contributed by atoms with van der Waals surface area (Å²) >= 11 is 5.38. The molecule has 0 aliphatic rings. The van der Waals surface area contributed by atoms with E-state index in [0.29, 0.717) is 0 Å². The van der Waals surface area contributed by atoms with Gasteiger partial charge in [0.05, 0.1) is 6.42 Å². The van der Waals surface area contributed by atoms with Gasteiger partial charge in [-0.2, -0.15) is 4.98 Å². The normalized spacial score (nSPS) is 10.6. The van der Waals surface area contributed by atoms with Crippen LogP contribution in [0.5, 0.6) is 0 Å². The van der Waals surface area contributed by atoms with E-state index in [4.69, 9.17) is 21.2 Å². The summed E-state index contributed by atoms with van der Waals surface area (Å²) < 4.78 is 31.4. The molecule has 0 fully saturated rings. The van der Waals surface area contributed by atoms with Crippen molar-refractivity contribution in [2.45, 2.75) is 12.8 Å². The summed E-state index contributed by atoms with van der Waals surface area (Å²) in [6.45, 7) is 3.33. The average molecular weight is 315 g/mol. The van der Waals surface area contributed by atoms with E-state index in [9.17, 15) is 13.6 Å². The fourth-order valence-corrected chi connectivity index (χ4v) is 1.69. The van der Waals surface area contributed by atoms with Gasteiger partial charge in [-0.25, -0.2) is 13.6 Å². The van der Waals surface area contributed by atoms with E-state index in [1.54, 1.807) is 0 Å². The number of hydrogen-bond donors (Lipinski definition) is 1. The number of carboxylic acids is 1. The summed E-state index contributed by atoms with van der Waals surface area (Å²) in [7, 11) is 0. The van der Waals surface area contributed by atoms with Crippen LogP contribution in [0.4, 0.5) is 8.78 Å². The average Bonchev–Trinajstić information content (AvgIpc) is 2.83. The molecule has 0 saturated heterocycles. The molecule has 0 aliphatic heterocycles. The van der Waals surface area contributed by atoms with Crippen molar-refractivity contribution in [1.29, 1.82) is 0 Å². The Morgan fingerprint density at radius 3 is 2.57 bits per heavy atom. The number of carboxylic acid groups (broad SMARTS) is 1. The third kappa shape index (κ3) is 3.63. The molecule has 0 atom stereocenters. The van der Waals surface area contributed by atoms with E-state index < -0.39 is 22.6 Å². The molecule has 0 aliphatic carbocycles. The number of aliphatic carboxylic acids is 1. The summed E-state index contributed by atoms with van der Waals surface area (Å²) in [5.41, 5.74) is 0.174. The minimum absolute atomic E-state index is 0.0219. The monoisotopic (exact) mass is 314 g/mol. The smallest absolute Gasteiger partial charge is 0.331 e. The fourth-order valence-electron chi connectivity index (χ4n) is 1.58. The van der Waals surface area contributed by atoms with Crippen LogP contribution < -0.4 is 0 Å². The van der Waals surface area contributed by atoms with E-state index in [1.807, 2.05) is 0 Å². The van der Waals surface area contributed by atoms with Crippen LogP contribution in [0.25, 0.3) is 0 Å². The highest BCUT2D eigenvalue weighted by atomic mass is 35.5. The molecular weight excluding hydrogens is 306 g/mol. The quantitative estimate of drug-likeness (QED) is 0.678. The second-order valence-electron chi connectivity index (χ2n) is 4.24. The lowest BCUT2D eigenvalue weighted by atomic mass is 10.1. The highest BCUT2D eigenvalue weighted by molar-refractivity contribution is 6.30. The van der Waals surface area contributed by atoms with E-state index >= 15 is 0 Å². The van der Waals surface area contributed by atoms with E-state index in [2.05, 4.69) is 16.7 Å². The predicted molar refractivity (Wildman–Crippen MR) is 69.0 cm³/mol. The van der Waals surface area contributed by atoms with Crippen molar-refractivity contribution in [3.05, 3.63) is 58.2 Å². The first-order valence-corrected chi connectivity index (χ1v) is 6.10. The molecular formula is C13H9ClF2N2O3. The Labute approximate surface area is 122 Å². The maximum atomic E-state index is 13.3. The molecule has 1 heterocycles. The van der Waals surface area contributed by atoms with Crippen molar-refractivity contribution in [3.63, 3.8) is 0 Å². The molecule has 1 aromatic carbocycles. The minimum Gasteiger partial charge on any atom is -0.478 e. The highest BCUT2D eigenvalue weighted by Gasteiger charge is 2.14. The Kier molecular flexibility index (Phi) is 4.32. The van der Waals surface area contributed by atoms with Crippen LogP contribution in [-0.2, 0) is 17.6 Å². The number of nitrogens with zero attached hydrogens (tertiary/aromatic N) is 2. The summed E-state index contributed by atoms with van der Waals surface area (Å²) in [6.07, 6.45) is -0.0836. The van der Waals surface area contributed by atoms with Crippen LogP contribution in [0.1, 0.15) is 17.3 Å². The van der Waals surface area contributed by atoms with Gasteiger partial charge >= 0.3 is 5.97 Å². The number of carbonyl (C=O) groups is 1. The molecule has 21 heavy (non-hydrogen) atoms. The van der Waals surface area contributed by atoms with Crippen molar-refractivity contribution < 1.29 is 23.2 Å². The summed E-state index contributed by atoms with van der Waals surface area (Å²) in [4.78, 5) is 14.6. The van der Waals surface area contributed by atoms with Crippen molar-refractivity contribution in [3.8, 4) is 0 Å². The zero-order chi connectivity index (χ0) is 15.6. The second-order valence-corrected chi connectivity index (χ2v) is 4.62. The van der Waals surface area contributed by atoms with Crippen molar-refractivity contribution >= 4 is 17.6 Å². The maximum Gasteiger partial charge on any atom is 0.331 e. The first-order chi connectivity index (χ1) is 9.86. The van der Waals surface area contributed by atoms with E-state index in [-0.39, 0.29) is 35.7 Å². The lowest BCUT2D eigenvalue weighted by molar-refractivity contribution is -0.132. The summed E-state index contributed by atoms with van der Waals surface area (Å²) in [5, 5.41) is 11.7. The molecule has 0 bridgehead atoms. The molecule has 0 unspecified atom stereocenters. The van der Waals surface area contributed by atoms with Gasteiger partial charge in [0.15, 0.2) is 5.82 Å². The van der Waals surface area contributed by atoms with Gasteiger partial charge in [0.2, 0.25) is 5.89 Å². The zero-order valence-corrected chi connectivity index (χ0v) is 11.3. The van der Waals surface area contributed by atoms with Crippen LogP contribution in [0, 0.1) is 11.6 Å². The molecule has 2 aromatic rings. The topological polar surface area (TPSA) is 76.2 Å². The number of halogens is 3. The number of aromatic nitrogens is 2. The molecule has 110 valence electrons. The van der Waals surface area contributed by atoms with Gasteiger partial charge in [0.1, 0.15) is 16.7 Å². The van der Waals surface area contributed by atoms with Gasteiger partial charge in [-0.05, 0) is 17.7 Å². The standard InChI is InChI=1S/C13H9ClF2N2O3/c1-6(13(19)20)2-11-17-10(18-21-11)5-7-3-8(15)12(14)9(16)4-7/h3-4H,1-2,5H2,(H,19,20). The third-order valence-corrected chi connectivity index (χ3v) is 2.94. The lowest BCUT2D eigenvalue weighted by Crippen LogP contribution is -2.02. The van der Waals surface area contributed by atoms with Crippen molar-refractivity contribution in [2.75, 3.05) is 0 Å². The molecule has 0 radical (unpaired) electrons. The Bertz CT molecular complexity index is 692. The zero-order valence-electron chi connectivity index (χ0n) is 10.6. The van der Waals surface area contributed by atoms with E-state index in [1.165, 1.54) is 0 Å². The Morgan fingerprint density at radius 2 is 2.00 bits per heavy atom. The molecule has 1 N–H and O–H groups in total. The lowest BCUT2D eigenvalue weighted by Gasteiger charge is -2.01. The minimum atomic E-state index is -1.17. The maximum absolute atomic E-state index is 13.3. The van der Waals surface area contributed by atoms with Gasteiger partial charge in [0.25, 0.3) is 0 Å². The van der Waals surface area contributed by atoms with Gasteiger partial charge in [-0.15, -0.1) is 0 Å². The molecule has 0 spiro atoms. The van der Waals surface area contributed by atoms with E-state index in [0.717, 1.165) is 12.1 Å². The third-order valence-electron chi connectivity index (χ3n) is 2.58. The largest absolute Gasteiger partial charge is 0.478 e. The van der Waals surface area contributed by atoms with Gasteiger partial charge < -0.3 is 9.63 Å². The van der Waals surface area contributed by atoms with Crippen LogP contribution in [0.15, 0.2) is 28.8 Å². The van der Waals surface area contributed by atoms with Crippen LogP contribution >= 0.6 is 11.6 Å². The fraction of sp³-hybridized carbons (Fsp3) is 0.154. The van der Waals surface area contributed by atoms with Crippen LogP contribution in [0.2, 0.25) is 5.02 Å². The van der Waals surface area contributed by atoms with Crippen molar-refractivity contribution in [2.24, 2.45) is 0 Å². The summed E-state index contributed by atoms with van der Waals surface area (Å²) in [5.74, 6) is -2.70. The number of rotatable bonds is 5. The molecule has 5 nitrogen and oxygen atoms in total. The molecule has 1 aromatic heterocycles. The second kappa shape index (κ2) is 6.01. The highest BCUT2D eigenvalue weighted by Crippen LogP contribution is 2.21. The van der Waals surface area contributed by atoms with Crippen LogP contribution in [-0.4, -0.2) is 21.2 Å². The van der Waals surface area contributed by atoms with Gasteiger partial charge in [0, 0.05) is 12.0 Å². The first-order valence-electron chi connectivity index (χ1n) is 5.72. The molecule has 8 heteroatoms. The van der Waals surface area contributed by atoms with Gasteiger partial charge in [-0.3, -0.25) is 0 Å². The van der Waals surface area contributed by atoms with Gasteiger partial charge in [-0.1, -0.05) is 23.3 Å². The number of benzene rings is 1. The summed E-state index contributed by atoms with van der Waals surface area (Å²) in [6, 6.07) is 2.13.